The lowest BCUT2D eigenvalue weighted by molar-refractivity contribution is -0.143. The van der Waals surface area contributed by atoms with Gasteiger partial charge in [-0.2, -0.15) is 0 Å². The molecule has 5 nitrogen and oxygen atoms in total. The van der Waals surface area contributed by atoms with E-state index in [4.69, 9.17) is 21.1 Å². The number of carbonyl (C=O) groups excluding carboxylic acids is 1. The van der Waals surface area contributed by atoms with E-state index in [0.717, 1.165) is 5.56 Å². The minimum absolute atomic E-state index is 0.306. The van der Waals surface area contributed by atoms with Crippen LogP contribution in [0.3, 0.4) is 0 Å². The third-order valence-corrected chi connectivity index (χ3v) is 3.30. The van der Waals surface area contributed by atoms with Crippen LogP contribution in [0.2, 0.25) is 5.15 Å². The number of aromatic nitrogens is 1. The van der Waals surface area contributed by atoms with E-state index in [1.807, 2.05) is 12.1 Å². The summed E-state index contributed by atoms with van der Waals surface area (Å²) in [7, 11) is 1.59. The molecule has 0 saturated heterocycles. The van der Waals surface area contributed by atoms with Crippen LogP contribution in [0.25, 0.3) is 0 Å². The van der Waals surface area contributed by atoms with Gasteiger partial charge in [-0.05, 0) is 30.7 Å². The highest BCUT2D eigenvalue weighted by atomic mass is 35.5. The molecule has 1 heterocycles. The molecular weight excluding hydrogens is 316 g/mol. The van der Waals surface area contributed by atoms with Gasteiger partial charge in [-0.25, -0.2) is 4.98 Å². The van der Waals surface area contributed by atoms with Crippen molar-refractivity contribution in [2.75, 3.05) is 13.7 Å². The molecule has 2 aromatic rings. The van der Waals surface area contributed by atoms with E-state index in [9.17, 15) is 4.79 Å². The lowest BCUT2D eigenvalue weighted by atomic mass is 10.0. The average molecular weight is 333 g/mol. The Labute approximate surface area is 139 Å². The first-order chi connectivity index (χ1) is 11.1. The molecule has 0 aliphatic heterocycles. The lowest BCUT2D eigenvalue weighted by Gasteiger charge is -2.12. The van der Waals surface area contributed by atoms with E-state index in [1.165, 1.54) is 0 Å². The van der Waals surface area contributed by atoms with Crippen molar-refractivity contribution < 1.29 is 14.3 Å². The van der Waals surface area contributed by atoms with Crippen molar-refractivity contribution in [3.05, 3.63) is 53.3 Å². The predicted octanol–water partition coefficient (Wildman–Crippen LogP) is 3.79. The third-order valence-electron chi connectivity index (χ3n) is 3.10. The monoisotopic (exact) mass is 332 g/mol. The Morgan fingerprint density at radius 1 is 1.35 bits per heavy atom. The van der Waals surface area contributed by atoms with Crippen LogP contribution >= 0.6 is 11.6 Å². The van der Waals surface area contributed by atoms with E-state index in [2.05, 4.69) is 9.98 Å². The van der Waals surface area contributed by atoms with E-state index < -0.39 is 5.92 Å². The molecule has 0 saturated carbocycles. The fourth-order valence-electron chi connectivity index (χ4n) is 1.96. The molecule has 1 atom stereocenters. The fraction of sp³-hybridized carbons (Fsp3) is 0.235. The standard InChI is InChI=1S/C17H17ClN2O3/c1-3-23-17(21)15(12-4-6-14(22-2)7-5-12)11-20-13-8-9-19-16(18)10-13/h4-11,15H,3H2,1-2H3. The summed E-state index contributed by atoms with van der Waals surface area (Å²) in [6, 6.07) is 10.5. The highest BCUT2D eigenvalue weighted by Gasteiger charge is 2.20. The van der Waals surface area contributed by atoms with Crippen LogP contribution in [-0.4, -0.2) is 30.9 Å². The van der Waals surface area contributed by atoms with Gasteiger partial charge in [0.1, 0.15) is 16.8 Å². The smallest absolute Gasteiger partial charge is 0.318 e. The number of methoxy groups -OCH3 is 1. The van der Waals surface area contributed by atoms with Crippen LogP contribution in [0.15, 0.2) is 47.6 Å². The molecule has 2 rings (SSSR count). The summed E-state index contributed by atoms with van der Waals surface area (Å²) in [5, 5.41) is 0.344. The Kier molecular flexibility index (Phi) is 6.11. The highest BCUT2D eigenvalue weighted by Crippen LogP contribution is 2.22. The number of rotatable bonds is 6. The molecule has 0 aliphatic carbocycles. The molecule has 0 N–H and O–H groups in total. The van der Waals surface area contributed by atoms with Gasteiger partial charge in [0.25, 0.3) is 0 Å². The summed E-state index contributed by atoms with van der Waals surface area (Å²) in [6.45, 7) is 2.07. The minimum Gasteiger partial charge on any atom is -0.497 e. The number of aliphatic imine (C=N–C) groups is 1. The molecule has 1 aromatic carbocycles. The number of pyridine rings is 1. The quantitative estimate of drug-likeness (QED) is 0.458. The molecule has 1 aromatic heterocycles. The van der Waals surface area contributed by atoms with Gasteiger partial charge in [-0.1, -0.05) is 23.7 Å². The van der Waals surface area contributed by atoms with E-state index in [0.29, 0.717) is 23.2 Å². The molecule has 0 fully saturated rings. The van der Waals surface area contributed by atoms with Gasteiger partial charge in [-0.15, -0.1) is 0 Å². The number of benzene rings is 1. The Bertz CT molecular complexity index is 686. The maximum atomic E-state index is 12.2. The van der Waals surface area contributed by atoms with Crippen LogP contribution in [0, 0.1) is 0 Å². The van der Waals surface area contributed by atoms with Crippen LogP contribution in [0.4, 0.5) is 5.69 Å². The summed E-state index contributed by atoms with van der Waals surface area (Å²) in [5.41, 5.74) is 1.39. The van der Waals surface area contributed by atoms with Gasteiger partial charge in [0.2, 0.25) is 0 Å². The van der Waals surface area contributed by atoms with E-state index >= 15 is 0 Å². The van der Waals surface area contributed by atoms with Gasteiger partial charge < -0.3 is 9.47 Å². The average Bonchev–Trinajstić information content (AvgIpc) is 2.56. The summed E-state index contributed by atoms with van der Waals surface area (Å²) in [6.07, 6.45) is 3.10. The zero-order valence-electron chi connectivity index (χ0n) is 12.9. The number of nitrogens with zero attached hydrogens (tertiary/aromatic N) is 2. The number of ether oxygens (including phenoxy) is 2. The first-order valence-electron chi connectivity index (χ1n) is 7.10. The maximum Gasteiger partial charge on any atom is 0.318 e. The number of hydrogen-bond acceptors (Lipinski definition) is 5. The second kappa shape index (κ2) is 8.29. The van der Waals surface area contributed by atoms with Gasteiger partial charge in [0.15, 0.2) is 0 Å². The zero-order valence-corrected chi connectivity index (χ0v) is 13.7. The number of esters is 1. The molecule has 23 heavy (non-hydrogen) atoms. The van der Waals surface area contributed by atoms with Crippen molar-refractivity contribution in [3.63, 3.8) is 0 Å². The molecule has 0 amide bonds. The zero-order chi connectivity index (χ0) is 16.7. The fourth-order valence-corrected chi connectivity index (χ4v) is 2.13. The topological polar surface area (TPSA) is 60.8 Å². The van der Waals surface area contributed by atoms with Gasteiger partial charge in [-0.3, -0.25) is 9.79 Å². The number of hydrogen-bond donors (Lipinski definition) is 0. The Balaban J connectivity index is 2.27. The Morgan fingerprint density at radius 2 is 2.09 bits per heavy atom. The molecule has 1 unspecified atom stereocenters. The summed E-state index contributed by atoms with van der Waals surface area (Å²) < 4.78 is 10.3. The number of halogens is 1. The second-order valence-electron chi connectivity index (χ2n) is 4.62. The van der Waals surface area contributed by atoms with E-state index in [1.54, 1.807) is 50.7 Å². The molecule has 0 spiro atoms. The Morgan fingerprint density at radius 3 is 2.70 bits per heavy atom. The van der Waals surface area contributed by atoms with Crippen molar-refractivity contribution in [2.45, 2.75) is 12.8 Å². The van der Waals surface area contributed by atoms with Crippen LogP contribution in [0.1, 0.15) is 18.4 Å². The minimum atomic E-state index is -0.604. The van der Waals surface area contributed by atoms with Crippen molar-refractivity contribution in [1.29, 1.82) is 0 Å². The first-order valence-corrected chi connectivity index (χ1v) is 7.48. The molecule has 0 aliphatic rings. The molecule has 6 heteroatoms. The van der Waals surface area contributed by atoms with Gasteiger partial charge >= 0.3 is 5.97 Å². The SMILES string of the molecule is CCOC(=O)C(C=Nc1ccnc(Cl)c1)c1ccc(OC)cc1. The van der Waals surface area contributed by atoms with Crippen molar-refractivity contribution in [3.8, 4) is 5.75 Å². The van der Waals surface area contributed by atoms with Crippen molar-refractivity contribution in [1.82, 2.24) is 4.98 Å². The Hall–Kier alpha value is -2.40. The second-order valence-corrected chi connectivity index (χ2v) is 5.01. The largest absolute Gasteiger partial charge is 0.497 e. The summed E-state index contributed by atoms with van der Waals surface area (Å²) in [5.74, 6) is -0.247. The normalized spacial score (nSPS) is 12.1. The lowest BCUT2D eigenvalue weighted by Crippen LogP contribution is -2.17. The summed E-state index contributed by atoms with van der Waals surface area (Å²) in [4.78, 5) is 20.4. The van der Waals surface area contributed by atoms with Crippen LogP contribution in [-0.2, 0) is 9.53 Å². The summed E-state index contributed by atoms with van der Waals surface area (Å²) >= 11 is 5.83. The molecule has 120 valence electrons. The maximum absolute atomic E-state index is 12.2. The van der Waals surface area contributed by atoms with Crippen LogP contribution < -0.4 is 4.74 Å². The first kappa shape index (κ1) is 17.0. The van der Waals surface area contributed by atoms with Crippen molar-refractivity contribution >= 4 is 29.5 Å². The number of carbonyl (C=O) groups is 1. The van der Waals surface area contributed by atoms with Gasteiger partial charge in [0.05, 0.1) is 19.4 Å². The van der Waals surface area contributed by atoms with Crippen LogP contribution in [0.5, 0.6) is 5.75 Å². The highest BCUT2D eigenvalue weighted by molar-refractivity contribution is 6.29. The third kappa shape index (κ3) is 4.79. The van der Waals surface area contributed by atoms with Crippen molar-refractivity contribution in [2.24, 2.45) is 4.99 Å². The predicted molar refractivity (Wildman–Crippen MR) is 89.8 cm³/mol. The van der Waals surface area contributed by atoms with E-state index in [-0.39, 0.29) is 5.97 Å². The molecule has 0 bridgehead atoms. The molecule has 0 radical (unpaired) electrons. The molecular formula is C17H17ClN2O3. The van der Waals surface area contributed by atoms with Gasteiger partial charge in [0, 0.05) is 18.5 Å².